The monoisotopic (exact) mass is 400 g/mol. The molecule has 0 amide bonds. The van der Waals surface area contributed by atoms with Crippen LogP contribution in [0.25, 0.3) is 0 Å². The first-order valence-corrected chi connectivity index (χ1v) is 9.71. The number of benzene rings is 3. The second-order valence-electron chi connectivity index (χ2n) is 5.71. The molecular weight excluding hydrogens is 383 g/mol. The molecule has 0 radical (unpaired) electrons. The van der Waals surface area contributed by atoms with E-state index in [4.69, 9.17) is 28.2 Å². The number of para-hydroxylation sites is 1. The first kappa shape index (κ1) is 18.8. The topological polar surface area (TPSA) is 15.6 Å². The number of nitrogens with zero attached hydrogens (tertiary/aromatic N) is 2. The molecule has 26 heavy (non-hydrogen) atoms. The van der Waals surface area contributed by atoms with Crippen LogP contribution in [0, 0.1) is 0 Å². The molecule has 0 bridgehead atoms. The van der Waals surface area contributed by atoms with Crippen LogP contribution in [0.1, 0.15) is 0 Å². The number of halogens is 2. The van der Waals surface area contributed by atoms with Gasteiger partial charge in [-0.2, -0.15) is 0 Å². The largest absolute Gasteiger partial charge is 0.368 e. The molecule has 0 saturated heterocycles. The van der Waals surface area contributed by atoms with Crippen molar-refractivity contribution in [3.63, 3.8) is 0 Å². The highest BCUT2D eigenvalue weighted by Gasteiger charge is 2.10. The van der Waals surface area contributed by atoms with Gasteiger partial charge in [-0.15, -0.1) is 0 Å². The van der Waals surface area contributed by atoms with Crippen LogP contribution in [0.2, 0.25) is 10.0 Å². The van der Waals surface area contributed by atoms with Crippen molar-refractivity contribution in [3.05, 3.63) is 88.9 Å². The molecule has 2 nitrogen and oxygen atoms in total. The lowest BCUT2D eigenvalue weighted by Gasteiger charge is -2.20. The van der Waals surface area contributed by atoms with Gasteiger partial charge in [0.25, 0.3) is 0 Å². The summed E-state index contributed by atoms with van der Waals surface area (Å²) in [5.74, 6) is 0. The van der Waals surface area contributed by atoms with Gasteiger partial charge in [-0.25, -0.2) is 4.99 Å². The van der Waals surface area contributed by atoms with Gasteiger partial charge in [0.15, 0.2) is 0 Å². The molecule has 0 aliphatic carbocycles. The molecule has 0 heterocycles. The normalized spacial score (nSPS) is 11.4. The van der Waals surface area contributed by atoms with Crippen molar-refractivity contribution < 1.29 is 0 Å². The molecule has 5 heteroatoms. The van der Waals surface area contributed by atoms with Crippen LogP contribution in [-0.4, -0.2) is 18.6 Å². The van der Waals surface area contributed by atoms with Crippen LogP contribution >= 0.6 is 35.0 Å². The minimum absolute atomic E-state index is 0.586. The molecule has 3 aromatic rings. The van der Waals surface area contributed by atoms with Gasteiger partial charge < -0.3 is 4.90 Å². The molecule has 132 valence electrons. The van der Waals surface area contributed by atoms with Crippen LogP contribution < -0.4 is 4.90 Å². The first-order valence-electron chi connectivity index (χ1n) is 8.13. The molecule has 0 N–H and O–H groups in total. The molecule has 3 aromatic carbocycles. The summed E-state index contributed by atoms with van der Waals surface area (Å²) < 4.78 is 0. The lowest BCUT2D eigenvalue weighted by atomic mass is 10.3. The highest BCUT2D eigenvalue weighted by Crippen LogP contribution is 2.31. The standard InChI is InChI=1S/C21H18Cl2N2S/c1-25(17-8-4-2-5-9-17)15-21(26-18-10-6-3-7-11-18)24-20-14-16(22)12-13-19(20)23/h2-14H,15H2,1H3. The quantitative estimate of drug-likeness (QED) is 0.261. The van der Waals surface area contributed by atoms with Gasteiger partial charge in [-0.1, -0.05) is 71.4 Å². The SMILES string of the molecule is CN(CC(=Nc1cc(Cl)ccc1Cl)Sc1ccccc1)c1ccccc1. The zero-order valence-electron chi connectivity index (χ0n) is 14.3. The highest BCUT2D eigenvalue weighted by molar-refractivity contribution is 8.14. The summed E-state index contributed by atoms with van der Waals surface area (Å²) in [5, 5.41) is 2.14. The zero-order valence-corrected chi connectivity index (χ0v) is 16.6. The van der Waals surface area contributed by atoms with Crippen molar-refractivity contribution in [2.45, 2.75) is 4.90 Å². The van der Waals surface area contributed by atoms with Crippen molar-refractivity contribution in [3.8, 4) is 0 Å². The predicted molar refractivity (Wildman–Crippen MR) is 116 cm³/mol. The smallest absolute Gasteiger partial charge is 0.0980 e. The average Bonchev–Trinajstić information content (AvgIpc) is 2.66. The van der Waals surface area contributed by atoms with Gasteiger partial charge >= 0.3 is 0 Å². The summed E-state index contributed by atoms with van der Waals surface area (Å²) in [6.07, 6.45) is 0. The number of thioether (sulfide) groups is 1. The van der Waals surface area contributed by atoms with E-state index >= 15 is 0 Å². The van der Waals surface area contributed by atoms with E-state index < -0.39 is 0 Å². The van der Waals surface area contributed by atoms with E-state index in [0.29, 0.717) is 22.3 Å². The summed E-state index contributed by atoms with van der Waals surface area (Å²) >= 11 is 14.1. The number of rotatable bonds is 5. The van der Waals surface area contributed by atoms with Gasteiger partial charge in [-0.3, -0.25) is 0 Å². The minimum Gasteiger partial charge on any atom is -0.368 e. The Hall–Kier alpha value is -1.94. The zero-order chi connectivity index (χ0) is 18.4. The van der Waals surface area contributed by atoms with Crippen LogP contribution in [0.4, 0.5) is 11.4 Å². The fourth-order valence-electron chi connectivity index (χ4n) is 2.40. The Morgan fingerprint density at radius 1 is 0.923 bits per heavy atom. The summed E-state index contributed by atoms with van der Waals surface area (Å²) in [5.41, 5.74) is 1.81. The number of anilines is 1. The van der Waals surface area contributed by atoms with Gasteiger partial charge in [0.05, 0.1) is 22.3 Å². The summed E-state index contributed by atoms with van der Waals surface area (Å²) in [7, 11) is 2.05. The molecular formula is C21H18Cl2N2S. The average molecular weight is 401 g/mol. The Morgan fingerprint density at radius 3 is 2.27 bits per heavy atom. The lowest BCUT2D eigenvalue weighted by Crippen LogP contribution is -2.23. The maximum absolute atomic E-state index is 6.31. The van der Waals surface area contributed by atoms with Crippen molar-refractivity contribution in [1.29, 1.82) is 0 Å². The van der Waals surface area contributed by atoms with Crippen molar-refractivity contribution >= 4 is 51.4 Å². The molecule has 0 aromatic heterocycles. The highest BCUT2D eigenvalue weighted by atomic mass is 35.5. The van der Waals surface area contributed by atoms with Crippen molar-refractivity contribution in [2.75, 3.05) is 18.5 Å². The van der Waals surface area contributed by atoms with E-state index in [0.717, 1.165) is 15.6 Å². The second-order valence-corrected chi connectivity index (χ2v) is 7.70. The third-order valence-corrected chi connectivity index (χ3v) is 5.22. The Kier molecular flexibility index (Phi) is 6.62. The molecule has 0 atom stereocenters. The molecule has 0 saturated carbocycles. The second kappa shape index (κ2) is 9.13. The number of hydrogen-bond donors (Lipinski definition) is 0. The molecule has 0 fully saturated rings. The maximum Gasteiger partial charge on any atom is 0.0980 e. The Morgan fingerprint density at radius 2 is 1.58 bits per heavy atom. The van der Waals surface area contributed by atoms with Gasteiger partial charge in [0.2, 0.25) is 0 Å². The summed E-state index contributed by atoms with van der Waals surface area (Å²) in [4.78, 5) is 8.09. The number of aliphatic imine (C=N–C) groups is 1. The maximum atomic E-state index is 6.31. The fraction of sp³-hybridized carbons (Fsp3) is 0.0952. The molecule has 0 spiro atoms. The van der Waals surface area contributed by atoms with Crippen LogP contribution in [0.5, 0.6) is 0 Å². The number of hydrogen-bond acceptors (Lipinski definition) is 3. The fourth-order valence-corrected chi connectivity index (χ4v) is 3.69. The van der Waals surface area contributed by atoms with E-state index in [1.165, 1.54) is 0 Å². The van der Waals surface area contributed by atoms with E-state index in [1.807, 2.05) is 36.4 Å². The van der Waals surface area contributed by atoms with Gasteiger partial charge in [0.1, 0.15) is 0 Å². The van der Waals surface area contributed by atoms with E-state index in [1.54, 1.807) is 30.0 Å². The van der Waals surface area contributed by atoms with Crippen LogP contribution in [0.3, 0.4) is 0 Å². The Labute approximate surface area is 168 Å². The predicted octanol–water partition coefficient (Wildman–Crippen LogP) is 6.95. The summed E-state index contributed by atoms with van der Waals surface area (Å²) in [6, 6.07) is 25.7. The Bertz CT molecular complexity index is 883. The third-order valence-electron chi connectivity index (χ3n) is 3.70. The van der Waals surface area contributed by atoms with Gasteiger partial charge in [-0.05, 0) is 42.5 Å². The molecule has 3 rings (SSSR count). The summed E-state index contributed by atoms with van der Waals surface area (Å²) in [6.45, 7) is 0.659. The van der Waals surface area contributed by atoms with Crippen LogP contribution in [-0.2, 0) is 0 Å². The lowest BCUT2D eigenvalue weighted by molar-refractivity contribution is 1.07. The molecule has 0 unspecified atom stereocenters. The third kappa shape index (κ3) is 5.28. The first-order chi connectivity index (χ1) is 12.6. The van der Waals surface area contributed by atoms with Crippen molar-refractivity contribution in [2.24, 2.45) is 4.99 Å². The van der Waals surface area contributed by atoms with Crippen molar-refractivity contribution in [1.82, 2.24) is 0 Å². The van der Waals surface area contributed by atoms with E-state index in [-0.39, 0.29) is 0 Å². The van der Waals surface area contributed by atoms with Crippen LogP contribution in [0.15, 0.2) is 88.8 Å². The Balaban J connectivity index is 1.91. The molecule has 0 aliphatic rings. The molecule has 0 aliphatic heterocycles. The van der Waals surface area contributed by atoms with Gasteiger partial charge in [0, 0.05) is 22.7 Å². The van der Waals surface area contributed by atoms with E-state index in [2.05, 4.69) is 36.2 Å². The minimum atomic E-state index is 0.586. The van der Waals surface area contributed by atoms with E-state index in [9.17, 15) is 0 Å².